The lowest BCUT2D eigenvalue weighted by atomic mass is 9.93. The summed E-state index contributed by atoms with van der Waals surface area (Å²) in [6.45, 7) is -1.28. The lowest BCUT2D eigenvalue weighted by molar-refractivity contribution is -0.153. The molecule has 0 saturated carbocycles. The molecule has 1 saturated heterocycles. The van der Waals surface area contributed by atoms with E-state index in [4.69, 9.17) is 16.3 Å². The third-order valence-electron chi connectivity index (χ3n) is 4.66. The molecule has 2 heterocycles. The number of alkyl halides is 2. The number of benzene rings is 1. The first-order chi connectivity index (χ1) is 12.8. The average Bonchev–Trinajstić information content (AvgIpc) is 3.03. The summed E-state index contributed by atoms with van der Waals surface area (Å²) in [5, 5.41) is -0.266. The van der Waals surface area contributed by atoms with Crippen molar-refractivity contribution in [2.24, 2.45) is 0 Å². The maximum absolute atomic E-state index is 14.6. The van der Waals surface area contributed by atoms with Gasteiger partial charge in [-0.05, 0) is 43.9 Å². The lowest BCUT2D eigenvalue weighted by Crippen LogP contribution is -2.46. The lowest BCUT2D eigenvalue weighted by Gasteiger charge is -2.33. The molecule has 1 fully saturated rings. The normalized spacial score (nSPS) is 21.9. The Bertz CT molecular complexity index is 799. The minimum Gasteiger partial charge on any atom is -0.464 e. The third kappa shape index (κ3) is 3.76. The number of halogens is 4. The second-order valence-electron chi connectivity index (χ2n) is 6.23. The van der Waals surface area contributed by atoms with Crippen LogP contribution in [0.3, 0.4) is 0 Å². The Balaban J connectivity index is 1.96. The summed E-state index contributed by atoms with van der Waals surface area (Å²) >= 11 is 5.79. The fourth-order valence-electron chi connectivity index (χ4n) is 3.62. The predicted molar refractivity (Wildman–Crippen MR) is 90.9 cm³/mol. The van der Waals surface area contributed by atoms with Crippen molar-refractivity contribution in [2.45, 2.75) is 44.9 Å². The standard InChI is InChI=1S/C18H17ClF3NO4/c1-2-26-17(25)12-5-3-10-7-9(8-14(24)23(10)12)15-13(27-18(21)22)6-4-11(19)16(15)20/h4,6,8,10,12,18H,2-3,5,7H2,1H3/t10?,12-/m0/s1. The first-order valence-electron chi connectivity index (χ1n) is 8.46. The first kappa shape index (κ1) is 19.5. The number of nitrogens with zero attached hydrogens (tertiary/aromatic N) is 1. The van der Waals surface area contributed by atoms with Crippen LogP contribution in [0.25, 0.3) is 5.57 Å². The number of ether oxygens (including phenoxy) is 2. The van der Waals surface area contributed by atoms with E-state index in [1.54, 1.807) is 6.92 Å². The van der Waals surface area contributed by atoms with Crippen LogP contribution >= 0.6 is 11.6 Å². The number of hydrogen-bond acceptors (Lipinski definition) is 4. The van der Waals surface area contributed by atoms with Gasteiger partial charge in [0.2, 0.25) is 5.91 Å². The van der Waals surface area contributed by atoms with Gasteiger partial charge in [-0.15, -0.1) is 0 Å². The van der Waals surface area contributed by atoms with Gasteiger partial charge >= 0.3 is 12.6 Å². The molecule has 2 aliphatic heterocycles. The quantitative estimate of drug-likeness (QED) is 0.702. The minimum absolute atomic E-state index is 0.193. The van der Waals surface area contributed by atoms with Crippen molar-refractivity contribution in [3.05, 3.63) is 34.6 Å². The molecule has 2 aliphatic rings. The molecule has 2 atom stereocenters. The monoisotopic (exact) mass is 403 g/mol. The van der Waals surface area contributed by atoms with Crippen LogP contribution in [0.5, 0.6) is 5.75 Å². The summed E-state index contributed by atoms with van der Waals surface area (Å²) in [5.41, 5.74) is -0.0446. The maximum Gasteiger partial charge on any atom is 0.387 e. The van der Waals surface area contributed by atoms with Crippen LogP contribution in [0.1, 0.15) is 31.7 Å². The van der Waals surface area contributed by atoms with E-state index in [-0.39, 0.29) is 41.0 Å². The second-order valence-corrected chi connectivity index (χ2v) is 6.64. The van der Waals surface area contributed by atoms with Crippen molar-refractivity contribution >= 4 is 29.1 Å². The van der Waals surface area contributed by atoms with Crippen LogP contribution in [0.4, 0.5) is 13.2 Å². The van der Waals surface area contributed by atoms with Crippen LogP contribution in [0, 0.1) is 5.82 Å². The smallest absolute Gasteiger partial charge is 0.387 e. The van der Waals surface area contributed by atoms with Crippen LogP contribution in [0.2, 0.25) is 5.02 Å². The van der Waals surface area contributed by atoms with Crippen molar-refractivity contribution in [1.29, 1.82) is 0 Å². The molecule has 1 amide bonds. The SMILES string of the molecule is CCOC(=O)[C@@H]1CCC2CC(c3c(OC(F)F)ccc(Cl)c3F)=CC(=O)N21. The van der Waals surface area contributed by atoms with Gasteiger partial charge in [0.15, 0.2) is 5.82 Å². The van der Waals surface area contributed by atoms with Crippen molar-refractivity contribution in [3.8, 4) is 5.75 Å². The van der Waals surface area contributed by atoms with E-state index >= 15 is 0 Å². The molecule has 0 radical (unpaired) electrons. The van der Waals surface area contributed by atoms with E-state index in [2.05, 4.69) is 4.74 Å². The van der Waals surface area contributed by atoms with Gasteiger partial charge < -0.3 is 14.4 Å². The van der Waals surface area contributed by atoms with Gasteiger partial charge in [0.25, 0.3) is 0 Å². The van der Waals surface area contributed by atoms with Gasteiger partial charge in [-0.3, -0.25) is 4.79 Å². The van der Waals surface area contributed by atoms with Gasteiger partial charge in [0.05, 0.1) is 17.2 Å². The van der Waals surface area contributed by atoms with Gasteiger partial charge in [0.1, 0.15) is 11.8 Å². The molecular weight excluding hydrogens is 387 g/mol. The third-order valence-corrected chi connectivity index (χ3v) is 4.95. The first-order valence-corrected chi connectivity index (χ1v) is 8.84. The summed E-state index contributed by atoms with van der Waals surface area (Å²) in [5.74, 6) is -2.30. The largest absolute Gasteiger partial charge is 0.464 e. The molecular formula is C18H17ClF3NO4. The number of esters is 1. The van der Waals surface area contributed by atoms with Crippen LogP contribution < -0.4 is 4.74 Å². The van der Waals surface area contributed by atoms with E-state index in [9.17, 15) is 22.8 Å². The summed E-state index contributed by atoms with van der Waals surface area (Å²) in [6, 6.07) is 1.20. The van der Waals surface area contributed by atoms with Crippen LogP contribution in [-0.2, 0) is 14.3 Å². The molecule has 3 rings (SSSR count). The van der Waals surface area contributed by atoms with E-state index in [0.717, 1.165) is 18.2 Å². The molecule has 9 heteroatoms. The Morgan fingerprint density at radius 2 is 2.11 bits per heavy atom. The maximum atomic E-state index is 14.6. The molecule has 27 heavy (non-hydrogen) atoms. The Kier molecular flexibility index (Phi) is 5.64. The molecule has 1 aromatic carbocycles. The zero-order chi connectivity index (χ0) is 19.7. The molecule has 0 spiro atoms. The van der Waals surface area contributed by atoms with Gasteiger partial charge in [-0.1, -0.05) is 11.6 Å². The Morgan fingerprint density at radius 3 is 2.78 bits per heavy atom. The number of hydrogen-bond donors (Lipinski definition) is 0. The molecule has 1 unspecified atom stereocenters. The van der Waals surface area contributed by atoms with Crippen molar-refractivity contribution < 1.29 is 32.2 Å². The van der Waals surface area contributed by atoms with Gasteiger partial charge in [0, 0.05) is 12.1 Å². The Labute approximate surface area is 158 Å². The Hall–Kier alpha value is -2.22. The van der Waals surface area contributed by atoms with Gasteiger partial charge in [-0.2, -0.15) is 8.78 Å². The second kappa shape index (κ2) is 7.80. The number of amides is 1. The summed E-state index contributed by atoms with van der Waals surface area (Å²) < 4.78 is 49.3. The van der Waals surface area contributed by atoms with Gasteiger partial charge in [-0.25, -0.2) is 9.18 Å². The fraction of sp³-hybridized carbons (Fsp3) is 0.444. The molecule has 1 aromatic rings. The minimum atomic E-state index is -3.15. The molecule has 0 aromatic heterocycles. The van der Waals surface area contributed by atoms with E-state index in [1.807, 2.05) is 0 Å². The number of carbonyl (C=O) groups excluding carboxylic acids is 2. The molecule has 146 valence electrons. The summed E-state index contributed by atoms with van der Waals surface area (Å²) in [6.07, 6.45) is 2.27. The highest BCUT2D eigenvalue weighted by Gasteiger charge is 2.44. The average molecular weight is 404 g/mol. The van der Waals surface area contributed by atoms with Crippen molar-refractivity contribution in [1.82, 2.24) is 4.90 Å². The van der Waals surface area contributed by atoms with Crippen LogP contribution in [0.15, 0.2) is 18.2 Å². The molecule has 0 N–H and O–H groups in total. The van der Waals surface area contributed by atoms with Crippen molar-refractivity contribution in [3.63, 3.8) is 0 Å². The number of fused-ring (bicyclic) bond motifs is 1. The molecule has 5 nitrogen and oxygen atoms in total. The molecule has 0 aliphatic carbocycles. The number of rotatable bonds is 5. The predicted octanol–water partition coefficient (Wildman–Crippen LogP) is 3.79. The zero-order valence-electron chi connectivity index (χ0n) is 14.4. The highest BCUT2D eigenvalue weighted by atomic mass is 35.5. The Morgan fingerprint density at radius 1 is 1.37 bits per heavy atom. The van der Waals surface area contributed by atoms with E-state index in [0.29, 0.717) is 12.8 Å². The summed E-state index contributed by atoms with van der Waals surface area (Å²) in [4.78, 5) is 26.1. The van der Waals surface area contributed by atoms with E-state index < -0.39 is 30.3 Å². The fourth-order valence-corrected chi connectivity index (χ4v) is 3.78. The number of carbonyl (C=O) groups is 2. The highest BCUT2D eigenvalue weighted by molar-refractivity contribution is 6.31. The van der Waals surface area contributed by atoms with Crippen LogP contribution in [-0.4, -0.2) is 42.1 Å². The summed E-state index contributed by atoms with van der Waals surface area (Å²) in [7, 11) is 0. The van der Waals surface area contributed by atoms with E-state index in [1.165, 1.54) is 4.90 Å². The van der Waals surface area contributed by atoms with Crippen molar-refractivity contribution in [2.75, 3.05) is 6.61 Å². The highest BCUT2D eigenvalue weighted by Crippen LogP contribution is 2.41. The molecule has 0 bridgehead atoms. The zero-order valence-corrected chi connectivity index (χ0v) is 15.1. The topological polar surface area (TPSA) is 55.8 Å².